The molecule has 1 aromatic heterocycles. The van der Waals surface area contributed by atoms with E-state index in [2.05, 4.69) is 10.3 Å². The minimum atomic E-state index is -4.57. The van der Waals surface area contributed by atoms with Crippen LogP contribution in [0.5, 0.6) is 5.75 Å². The Hall–Kier alpha value is -2.57. The van der Waals surface area contributed by atoms with E-state index in [1.807, 2.05) is 39.8 Å². The molecule has 0 saturated heterocycles. The minimum Gasteiger partial charge on any atom is -0.507 e. The zero-order valence-corrected chi connectivity index (χ0v) is 18.5. The maximum atomic E-state index is 13.4. The number of nitrogens with zero attached hydrogens (tertiary/aromatic N) is 1. The average molecular weight is 449 g/mol. The maximum absolute atomic E-state index is 13.4. The molecule has 0 saturated carbocycles. The number of aromatic nitrogens is 1. The number of hydrogen-bond acceptors (Lipinski definition) is 3. The van der Waals surface area contributed by atoms with Gasteiger partial charge in [-0.15, -0.1) is 0 Å². The van der Waals surface area contributed by atoms with E-state index < -0.39 is 11.7 Å². The number of phenols is 1. The monoisotopic (exact) mass is 448 g/mol. The van der Waals surface area contributed by atoms with Crippen LogP contribution in [0.2, 0.25) is 5.02 Å². The lowest BCUT2D eigenvalue weighted by atomic mass is 9.94. The zero-order chi connectivity index (χ0) is 23.0. The molecule has 7 heteroatoms. The quantitative estimate of drug-likeness (QED) is 0.452. The van der Waals surface area contributed by atoms with Gasteiger partial charge in [0.25, 0.3) is 0 Å². The molecule has 31 heavy (non-hydrogen) atoms. The van der Waals surface area contributed by atoms with Crippen molar-refractivity contribution in [3.05, 3.63) is 70.5 Å². The van der Waals surface area contributed by atoms with Gasteiger partial charge in [-0.25, -0.2) is 0 Å². The van der Waals surface area contributed by atoms with Crippen molar-refractivity contribution < 1.29 is 18.3 Å². The number of benzene rings is 2. The van der Waals surface area contributed by atoms with Gasteiger partial charge in [-0.05, 0) is 69.2 Å². The lowest BCUT2D eigenvalue weighted by Crippen LogP contribution is -2.35. The molecule has 0 atom stereocenters. The Morgan fingerprint density at radius 3 is 2.23 bits per heavy atom. The van der Waals surface area contributed by atoms with Crippen molar-refractivity contribution in [2.45, 2.75) is 46.0 Å². The van der Waals surface area contributed by atoms with E-state index in [9.17, 15) is 18.3 Å². The lowest BCUT2D eigenvalue weighted by molar-refractivity contribution is -0.137. The van der Waals surface area contributed by atoms with E-state index in [1.54, 1.807) is 24.4 Å². The Labute approximate surface area is 184 Å². The largest absolute Gasteiger partial charge is 0.507 e. The molecule has 0 unspecified atom stereocenters. The number of halogens is 4. The summed E-state index contributed by atoms with van der Waals surface area (Å²) in [6, 6.07) is 10.8. The van der Waals surface area contributed by atoms with E-state index >= 15 is 0 Å². The Bertz CT molecular complexity index is 1090. The Kier molecular flexibility index (Phi) is 6.35. The summed E-state index contributed by atoms with van der Waals surface area (Å²) in [7, 11) is 0. The second-order valence-corrected chi connectivity index (χ2v) is 8.92. The molecule has 0 radical (unpaired) electrons. The summed E-state index contributed by atoms with van der Waals surface area (Å²) in [5.41, 5.74) is 2.36. The highest BCUT2D eigenvalue weighted by molar-refractivity contribution is 6.31. The molecule has 3 aromatic rings. The van der Waals surface area contributed by atoms with E-state index in [4.69, 9.17) is 11.6 Å². The molecular weight excluding hydrogens is 425 g/mol. The van der Waals surface area contributed by atoms with Crippen LogP contribution < -0.4 is 5.32 Å². The van der Waals surface area contributed by atoms with Crippen LogP contribution in [-0.4, -0.2) is 15.6 Å². The molecule has 0 bridgehead atoms. The normalized spacial score (nSPS) is 12.3. The highest BCUT2D eigenvalue weighted by Gasteiger charge is 2.33. The summed E-state index contributed by atoms with van der Waals surface area (Å²) in [6.45, 7) is 8.18. The highest BCUT2D eigenvalue weighted by atomic mass is 35.5. The first kappa shape index (κ1) is 23.1. The number of nitrogens with one attached hydrogen (secondary N) is 1. The van der Waals surface area contributed by atoms with E-state index in [-0.39, 0.29) is 16.3 Å². The predicted octanol–water partition coefficient (Wildman–Crippen LogP) is 6.99. The summed E-state index contributed by atoms with van der Waals surface area (Å²) >= 11 is 5.79. The van der Waals surface area contributed by atoms with Crippen LogP contribution in [0.15, 0.2) is 48.7 Å². The smallest absolute Gasteiger partial charge is 0.417 e. The first-order valence-corrected chi connectivity index (χ1v) is 10.1. The molecule has 0 spiro atoms. The second kappa shape index (κ2) is 8.52. The van der Waals surface area contributed by atoms with Crippen LogP contribution in [0.25, 0.3) is 22.3 Å². The van der Waals surface area contributed by atoms with Crippen molar-refractivity contribution in [2.24, 2.45) is 0 Å². The molecule has 2 aromatic carbocycles. The van der Waals surface area contributed by atoms with Crippen LogP contribution >= 0.6 is 11.6 Å². The van der Waals surface area contributed by atoms with Crippen molar-refractivity contribution in [3.63, 3.8) is 0 Å². The van der Waals surface area contributed by atoms with Crippen LogP contribution in [-0.2, 0) is 12.7 Å². The minimum absolute atomic E-state index is 0.0659. The van der Waals surface area contributed by atoms with Gasteiger partial charge in [-0.2, -0.15) is 13.2 Å². The van der Waals surface area contributed by atoms with Crippen LogP contribution in [0.3, 0.4) is 0 Å². The number of aryl methyl sites for hydroxylation is 1. The highest BCUT2D eigenvalue weighted by Crippen LogP contribution is 2.40. The molecule has 0 fully saturated rings. The summed E-state index contributed by atoms with van der Waals surface area (Å²) in [4.78, 5) is 4.28. The third-order valence-electron chi connectivity index (χ3n) is 4.83. The summed E-state index contributed by atoms with van der Waals surface area (Å²) in [5, 5.41) is 13.9. The number of rotatable bonds is 4. The molecule has 164 valence electrons. The van der Waals surface area contributed by atoms with Gasteiger partial charge in [-0.3, -0.25) is 4.98 Å². The van der Waals surface area contributed by atoms with Crippen LogP contribution in [0.4, 0.5) is 13.2 Å². The maximum Gasteiger partial charge on any atom is 0.417 e. The Morgan fingerprint density at radius 1 is 0.968 bits per heavy atom. The topological polar surface area (TPSA) is 45.1 Å². The fourth-order valence-corrected chi connectivity index (χ4v) is 3.35. The lowest BCUT2D eigenvalue weighted by Gasteiger charge is -2.22. The zero-order valence-electron chi connectivity index (χ0n) is 17.7. The summed E-state index contributed by atoms with van der Waals surface area (Å²) in [5.74, 6) is 0.0659. The fourth-order valence-electron chi connectivity index (χ4n) is 3.13. The Balaban J connectivity index is 2.18. The van der Waals surface area contributed by atoms with Gasteiger partial charge in [0.05, 0.1) is 10.6 Å². The van der Waals surface area contributed by atoms with Crippen LogP contribution in [0.1, 0.15) is 37.6 Å². The number of hydrogen-bond donors (Lipinski definition) is 2. The van der Waals surface area contributed by atoms with Gasteiger partial charge in [-0.1, -0.05) is 23.7 Å². The number of aromatic hydroxyl groups is 1. The fraction of sp³-hybridized carbons (Fsp3) is 0.292. The summed E-state index contributed by atoms with van der Waals surface area (Å²) in [6.07, 6.45) is -2.93. The van der Waals surface area contributed by atoms with Gasteiger partial charge in [0, 0.05) is 40.7 Å². The molecule has 0 aliphatic heterocycles. The third-order valence-corrected chi connectivity index (χ3v) is 5.16. The standard InChI is InChI=1S/C24H24ClF3N2O/c1-14-5-6-16(12-29-14)19-10-17(9-18(22(19)31)13-30-23(2,3)4)15-7-8-21(25)20(11-15)24(26,27)28/h5-12,30-31H,13H2,1-4H3. The number of alkyl halides is 3. The molecule has 2 N–H and O–H groups in total. The van der Waals surface area contributed by atoms with Gasteiger partial charge in [0.1, 0.15) is 5.75 Å². The van der Waals surface area contributed by atoms with Crippen molar-refractivity contribution in [2.75, 3.05) is 0 Å². The molecule has 0 amide bonds. The van der Waals surface area contributed by atoms with E-state index in [0.717, 1.165) is 11.8 Å². The molecule has 0 aliphatic rings. The van der Waals surface area contributed by atoms with Crippen molar-refractivity contribution in [3.8, 4) is 28.0 Å². The molecule has 0 aliphatic carbocycles. The first-order valence-electron chi connectivity index (χ1n) is 9.76. The van der Waals surface area contributed by atoms with Crippen molar-refractivity contribution >= 4 is 11.6 Å². The molecule has 3 rings (SSSR count). The predicted molar refractivity (Wildman–Crippen MR) is 118 cm³/mol. The third kappa shape index (κ3) is 5.57. The average Bonchev–Trinajstić information content (AvgIpc) is 2.67. The van der Waals surface area contributed by atoms with Gasteiger partial charge in [0.15, 0.2) is 0 Å². The SMILES string of the molecule is Cc1ccc(-c2cc(-c3ccc(Cl)c(C(F)(F)F)c3)cc(CNC(C)(C)C)c2O)cn1. The van der Waals surface area contributed by atoms with Crippen molar-refractivity contribution in [1.82, 2.24) is 10.3 Å². The Morgan fingerprint density at radius 2 is 1.65 bits per heavy atom. The van der Waals surface area contributed by atoms with Gasteiger partial charge < -0.3 is 10.4 Å². The van der Waals surface area contributed by atoms with Crippen molar-refractivity contribution in [1.29, 1.82) is 0 Å². The molecule has 3 nitrogen and oxygen atoms in total. The second-order valence-electron chi connectivity index (χ2n) is 8.52. The molecule has 1 heterocycles. The van der Waals surface area contributed by atoms with Gasteiger partial charge in [0.2, 0.25) is 0 Å². The van der Waals surface area contributed by atoms with E-state index in [1.165, 1.54) is 6.07 Å². The van der Waals surface area contributed by atoms with Gasteiger partial charge >= 0.3 is 6.18 Å². The van der Waals surface area contributed by atoms with E-state index in [0.29, 0.717) is 34.4 Å². The summed E-state index contributed by atoms with van der Waals surface area (Å²) < 4.78 is 40.1. The first-order chi connectivity index (χ1) is 14.3. The van der Waals surface area contributed by atoms with Crippen LogP contribution in [0, 0.1) is 6.92 Å². The number of pyridine rings is 1. The number of phenolic OH excluding ortho intramolecular Hbond substituents is 1. The molecular formula is C24H24ClF3N2O.